The van der Waals surface area contributed by atoms with Gasteiger partial charge in [-0.3, -0.25) is 0 Å². The first-order valence-electron chi connectivity index (χ1n) is 6.35. The molecule has 0 radical (unpaired) electrons. The molecule has 19 heavy (non-hydrogen) atoms. The summed E-state index contributed by atoms with van der Waals surface area (Å²) in [4.78, 5) is 8.49. The zero-order valence-corrected chi connectivity index (χ0v) is 11.1. The molecule has 1 aromatic carbocycles. The maximum Gasteiger partial charge on any atom is 0.139 e. The number of hydrogen-bond donors (Lipinski definition) is 2. The second-order valence-corrected chi connectivity index (χ2v) is 4.07. The Morgan fingerprint density at radius 3 is 2.37 bits per heavy atom. The summed E-state index contributed by atoms with van der Waals surface area (Å²) in [5.74, 6) is 1.34. The Bertz CT molecular complexity index is 540. The van der Waals surface area contributed by atoms with Crippen LogP contribution in [-0.4, -0.2) is 16.5 Å². The molecule has 100 valence electrons. The van der Waals surface area contributed by atoms with Gasteiger partial charge >= 0.3 is 0 Å². The first-order chi connectivity index (χ1) is 9.24. The number of benzene rings is 1. The van der Waals surface area contributed by atoms with Crippen LogP contribution in [0.15, 0.2) is 30.6 Å². The molecule has 2 aromatic rings. The SMILES string of the molecule is CCNc1ncnc(Nc2ccc(F)cc2)c1CC. The molecule has 0 saturated carbocycles. The summed E-state index contributed by atoms with van der Waals surface area (Å²) in [6.45, 7) is 4.88. The van der Waals surface area contributed by atoms with Gasteiger partial charge in [-0.2, -0.15) is 0 Å². The van der Waals surface area contributed by atoms with Gasteiger partial charge < -0.3 is 10.6 Å². The fourth-order valence-corrected chi connectivity index (χ4v) is 1.84. The van der Waals surface area contributed by atoms with Crippen molar-refractivity contribution in [3.63, 3.8) is 0 Å². The number of rotatable bonds is 5. The Balaban J connectivity index is 2.28. The standard InChI is InChI=1S/C14H17FN4/c1-3-12-13(16-4-2)17-9-18-14(12)19-11-7-5-10(15)6-8-11/h5-9H,3-4H2,1-2H3,(H2,16,17,18,19). The van der Waals surface area contributed by atoms with Crippen molar-refractivity contribution in [1.29, 1.82) is 0 Å². The lowest BCUT2D eigenvalue weighted by Gasteiger charge is -2.13. The molecule has 0 aliphatic rings. The molecule has 0 atom stereocenters. The lowest BCUT2D eigenvalue weighted by molar-refractivity contribution is 0.628. The van der Waals surface area contributed by atoms with E-state index in [1.54, 1.807) is 12.1 Å². The van der Waals surface area contributed by atoms with Gasteiger partial charge in [0.05, 0.1) is 0 Å². The second-order valence-electron chi connectivity index (χ2n) is 4.07. The van der Waals surface area contributed by atoms with Crippen LogP contribution >= 0.6 is 0 Å². The highest BCUT2D eigenvalue weighted by Gasteiger charge is 2.09. The largest absolute Gasteiger partial charge is 0.370 e. The number of hydrogen-bond acceptors (Lipinski definition) is 4. The molecule has 2 N–H and O–H groups in total. The van der Waals surface area contributed by atoms with E-state index in [4.69, 9.17) is 0 Å². The molecule has 4 nitrogen and oxygen atoms in total. The first kappa shape index (κ1) is 13.3. The number of aromatic nitrogens is 2. The number of nitrogens with one attached hydrogen (secondary N) is 2. The van der Waals surface area contributed by atoms with Crippen molar-refractivity contribution in [2.45, 2.75) is 20.3 Å². The van der Waals surface area contributed by atoms with Gasteiger partial charge in [0.1, 0.15) is 23.8 Å². The van der Waals surface area contributed by atoms with Crippen LogP contribution in [0, 0.1) is 5.82 Å². The van der Waals surface area contributed by atoms with E-state index < -0.39 is 0 Å². The normalized spacial score (nSPS) is 10.3. The van der Waals surface area contributed by atoms with Gasteiger partial charge in [-0.25, -0.2) is 14.4 Å². The summed E-state index contributed by atoms with van der Waals surface area (Å²) >= 11 is 0. The monoisotopic (exact) mass is 260 g/mol. The average Bonchev–Trinajstić information content (AvgIpc) is 2.42. The van der Waals surface area contributed by atoms with Crippen LogP contribution in [0.2, 0.25) is 0 Å². The van der Waals surface area contributed by atoms with Crippen LogP contribution in [0.25, 0.3) is 0 Å². The van der Waals surface area contributed by atoms with Crippen molar-refractivity contribution >= 4 is 17.3 Å². The Morgan fingerprint density at radius 1 is 1.05 bits per heavy atom. The second kappa shape index (κ2) is 6.13. The van der Waals surface area contributed by atoms with E-state index >= 15 is 0 Å². The molecule has 0 fully saturated rings. The molecule has 0 spiro atoms. The van der Waals surface area contributed by atoms with Crippen molar-refractivity contribution in [1.82, 2.24) is 9.97 Å². The summed E-state index contributed by atoms with van der Waals surface area (Å²) in [5.41, 5.74) is 1.82. The first-order valence-corrected chi connectivity index (χ1v) is 6.35. The van der Waals surface area contributed by atoms with Gasteiger partial charge in [0.25, 0.3) is 0 Å². The molecule has 0 saturated heterocycles. The van der Waals surface area contributed by atoms with Crippen molar-refractivity contribution in [3.8, 4) is 0 Å². The third kappa shape index (κ3) is 3.19. The summed E-state index contributed by atoms with van der Waals surface area (Å²) in [6, 6.07) is 6.20. The summed E-state index contributed by atoms with van der Waals surface area (Å²) in [6.07, 6.45) is 2.33. The van der Waals surface area contributed by atoms with E-state index in [0.29, 0.717) is 0 Å². The third-order valence-corrected chi connectivity index (χ3v) is 2.75. The van der Waals surface area contributed by atoms with Crippen molar-refractivity contribution in [2.24, 2.45) is 0 Å². The van der Waals surface area contributed by atoms with Crippen LogP contribution < -0.4 is 10.6 Å². The highest BCUT2D eigenvalue weighted by atomic mass is 19.1. The molecule has 0 amide bonds. The molecule has 0 bridgehead atoms. The lowest BCUT2D eigenvalue weighted by atomic mass is 10.2. The lowest BCUT2D eigenvalue weighted by Crippen LogP contribution is -2.07. The third-order valence-electron chi connectivity index (χ3n) is 2.75. The van der Waals surface area contributed by atoms with Crippen LogP contribution in [0.1, 0.15) is 19.4 Å². The van der Waals surface area contributed by atoms with E-state index in [-0.39, 0.29) is 5.82 Å². The molecular formula is C14H17FN4. The molecule has 2 rings (SSSR count). The molecule has 5 heteroatoms. The van der Waals surface area contributed by atoms with Gasteiger partial charge in [-0.15, -0.1) is 0 Å². The Morgan fingerprint density at radius 2 is 1.74 bits per heavy atom. The molecule has 0 unspecified atom stereocenters. The van der Waals surface area contributed by atoms with Gasteiger partial charge in [-0.1, -0.05) is 6.92 Å². The topological polar surface area (TPSA) is 49.8 Å². The molecule has 0 aliphatic carbocycles. The smallest absolute Gasteiger partial charge is 0.139 e. The van der Waals surface area contributed by atoms with E-state index in [9.17, 15) is 4.39 Å². The van der Waals surface area contributed by atoms with E-state index in [1.807, 2.05) is 6.92 Å². The highest BCUT2D eigenvalue weighted by molar-refractivity contribution is 5.64. The van der Waals surface area contributed by atoms with Crippen molar-refractivity contribution in [2.75, 3.05) is 17.2 Å². The maximum absolute atomic E-state index is 12.9. The van der Waals surface area contributed by atoms with Gasteiger partial charge in [0, 0.05) is 17.8 Å². The summed E-state index contributed by atoms with van der Waals surface area (Å²) in [5, 5.41) is 6.40. The van der Waals surface area contributed by atoms with E-state index in [1.165, 1.54) is 18.5 Å². The predicted octanol–water partition coefficient (Wildman–Crippen LogP) is 3.35. The number of halogens is 1. The minimum Gasteiger partial charge on any atom is -0.370 e. The van der Waals surface area contributed by atoms with Gasteiger partial charge in [-0.05, 0) is 37.6 Å². The Kier molecular flexibility index (Phi) is 4.28. The van der Waals surface area contributed by atoms with E-state index in [0.717, 1.165) is 35.9 Å². The number of anilines is 3. The highest BCUT2D eigenvalue weighted by Crippen LogP contribution is 2.23. The molecule has 1 aromatic heterocycles. The molecule has 1 heterocycles. The Labute approximate surface area is 112 Å². The van der Waals surface area contributed by atoms with E-state index in [2.05, 4.69) is 27.5 Å². The maximum atomic E-state index is 12.9. The molecular weight excluding hydrogens is 243 g/mol. The molecule has 0 aliphatic heterocycles. The van der Waals surface area contributed by atoms with Crippen molar-refractivity contribution < 1.29 is 4.39 Å². The quantitative estimate of drug-likeness (QED) is 0.865. The summed E-state index contributed by atoms with van der Waals surface area (Å²) < 4.78 is 12.9. The minimum atomic E-state index is -0.253. The van der Waals surface area contributed by atoms with Crippen LogP contribution in [0.3, 0.4) is 0 Å². The fourth-order valence-electron chi connectivity index (χ4n) is 1.84. The predicted molar refractivity (Wildman–Crippen MR) is 75.3 cm³/mol. The Hall–Kier alpha value is -2.17. The average molecular weight is 260 g/mol. The van der Waals surface area contributed by atoms with Crippen LogP contribution in [0.5, 0.6) is 0 Å². The van der Waals surface area contributed by atoms with Crippen molar-refractivity contribution in [3.05, 3.63) is 42.0 Å². The number of nitrogens with zero attached hydrogens (tertiary/aromatic N) is 2. The zero-order valence-electron chi connectivity index (χ0n) is 11.1. The van der Waals surface area contributed by atoms with Crippen LogP contribution in [0.4, 0.5) is 21.7 Å². The zero-order chi connectivity index (χ0) is 13.7. The fraction of sp³-hybridized carbons (Fsp3) is 0.286. The van der Waals surface area contributed by atoms with Gasteiger partial charge in [0.15, 0.2) is 0 Å². The summed E-state index contributed by atoms with van der Waals surface area (Å²) in [7, 11) is 0. The minimum absolute atomic E-state index is 0.253. The van der Waals surface area contributed by atoms with Gasteiger partial charge in [0.2, 0.25) is 0 Å². The van der Waals surface area contributed by atoms with Crippen LogP contribution in [-0.2, 0) is 6.42 Å².